The Bertz CT molecular complexity index is 1070. The van der Waals surface area contributed by atoms with Gasteiger partial charge in [0.15, 0.2) is 4.90 Å². The van der Waals surface area contributed by atoms with E-state index in [1.807, 2.05) is 0 Å². The normalized spacial score (nSPS) is 11.2. The summed E-state index contributed by atoms with van der Waals surface area (Å²) in [5, 5.41) is 20.8. The lowest BCUT2D eigenvalue weighted by atomic mass is 10.2. The van der Waals surface area contributed by atoms with Crippen molar-refractivity contribution in [3.63, 3.8) is 0 Å². The van der Waals surface area contributed by atoms with Crippen molar-refractivity contribution in [1.29, 1.82) is 0 Å². The van der Waals surface area contributed by atoms with E-state index in [2.05, 4.69) is 0 Å². The van der Waals surface area contributed by atoms with Crippen molar-refractivity contribution in [3.8, 4) is 0 Å². The molecule has 0 heterocycles. The van der Waals surface area contributed by atoms with Gasteiger partial charge in [0.1, 0.15) is 0 Å². The average Bonchev–Trinajstić information content (AvgIpc) is 2.53. The van der Waals surface area contributed by atoms with E-state index in [1.165, 1.54) is 36.4 Å². The van der Waals surface area contributed by atoms with Gasteiger partial charge in [-0.3, -0.25) is 20.2 Å². The van der Waals surface area contributed by atoms with Crippen LogP contribution in [0, 0.1) is 20.2 Å². The molecule has 0 saturated carbocycles. The number of hydrogen-bond donors (Lipinski definition) is 0. The molecule has 0 aliphatic heterocycles. The van der Waals surface area contributed by atoms with Gasteiger partial charge in [-0.05, 0) is 6.07 Å². The second kappa shape index (κ2) is 9.08. The topological polar surface area (TPSA) is 155 Å². The molecule has 0 unspecified atom stereocenters. The summed E-state index contributed by atoms with van der Waals surface area (Å²) in [7, 11) is 2.16. The molecule has 0 N–H and O–H groups in total. The van der Waals surface area contributed by atoms with Crippen molar-refractivity contribution >= 4 is 50.8 Å². The van der Waals surface area contributed by atoms with Crippen LogP contribution in [0.1, 0.15) is 5.56 Å². The Kier molecular flexibility index (Phi) is 7.65. The van der Waals surface area contributed by atoms with Gasteiger partial charge >= 0.3 is 0 Å². The molecule has 0 aromatic heterocycles. The molecule has 0 saturated heterocycles. The highest BCUT2D eigenvalue weighted by molar-refractivity contribution is 8.14. The third kappa shape index (κ3) is 7.46. The van der Waals surface area contributed by atoms with Crippen LogP contribution in [0.4, 0.5) is 11.4 Å². The largest absolute Gasteiger partial charge is 0.289 e. The van der Waals surface area contributed by atoms with E-state index >= 15 is 0 Å². The van der Waals surface area contributed by atoms with Crippen LogP contribution in [0.3, 0.4) is 0 Å². The van der Waals surface area contributed by atoms with E-state index in [1.54, 1.807) is 0 Å². The molecule has 146 valence electrons. The molecule has 0 spiro atoms. The number of rotatable bonds is 5. The van der Waals surface area contributed by atoms with Crippen LogP contribution in [-0.2, 0) is 23.9 Å². The van der Waals surface area contributed by atoms with Crippen LogP contribution in [0.25, 0.3) is 0 Å². The molecule has 2 rings (SSSR count). The minimum absolute atomic E-state index is 0.0903. The Morgan fingerprint density at radius 3 is 1.63 bits per heavy atom. The Hall–Kier alpha value is -2.28. The van der Waals surface area contributed by atoms with Gasteiger partial charge in [0.25, 0.3) is 20.4 Å². The summed E-state index contributed by atoms with van der Waals surface area (Å²) in [6, 6.07) is 10.5. The standard InChI is InChI=1S/C7H6ClNO4S.C6H4ClNO4S/c8-14(12,13)5-6-3-1-2-4-7(6)9(10)11;7-13(11,12)6-4-2-1-3-5(6)8(9)10/h1-4H,5H2;1-4H. The third-order valence-corrected chi connectivity index (χ3v) is 5.19. The maximum absolute atomic E-state index is 10.8. The predicted molar refractivity (Wildman–Crippen MR) is 97.7 cm³/mol. The van der Waals surface area contributed by atoms with Crippen LogP contribution in [0.2, 0.25) is 0 Å². The fraction of sp³-hybridized carbons (Fsp3) is 0.0769. The van der Waals surface area contributed by atoms with E-state index in [9.17, 15) is 37.1 Å². The molecule has 0 amide bonds. The van der Waals surface area contributed by atoms with Gasteiger partial charge in [0, 0.05) is 39.1 Å². The SMILES string of the molecule is O=[N+]([O-])c1ccccc1CS(=O)(=O)Cl.O=[N+]([O-])c1ccccc1S(=O)(=O)Cl. The van der Waals surface area contributed by atoms with Gasteiger partial charge in [0.2, 0.25) is 9.05 Å². The van der Waals surface area contributed by atoms with Crippen LogP contribution in [0.5, 0.6) is 0 Å². The predicted octanol–water partition coefficient (Wildman–Crippen LogP) is 3.19. The van der Waals surface area contributed by atoms with Crippen molar-refractivity contribution in [1.82, 2.24) is 0 Å². The fourth-order valence-electron chi connectivity index (χ4n) is 1.81. The lowest BCUT2D eigenvalue weighted by molar-refractivity contribution is -0.387. The van der Waals surface area contributed by atoms with Crippen LogP contribution in [-0.4, -0.2) is 26.7 Å². The summed E-state index contributed by atoms with van der Waals surface area (Å²) in [4.78, 5) is 18.9. The number of benzene rings is 2. The second-order valence-electron chi connectivity index (χ2n) is 4.73. The van der Waals surface area contributed by atoms with Gasteiger partial charge < -0.3 is 0 Å². The first-order chi connectivity index (χ1) is 12.3. The van der Waals surface area contributed by atoms with Gasteiger partial charge in [0.05, 0.1) is 15.6 Å². The van der Waals surface area contributed by atoms with Gasteiger partial charge in [-0.2, -0.15) is 0 Å². The minimum Gasteiger partial charge on any atom is -0.258 e. The molecule has 14 heteroatoms. The lowest BCUT2D eigenvalue weighted by Crippen LogP contribution is -1.99. The maximum Gasteiger partial charge on any atom is 0.289 e. The number of para-hydroxylation sites is 2. The Morgan fingerprint density at radius 2 is 1.22 bits per heavy atom. The summed E-state index contributed by atoms with van der Waals surface area (Å²) in [6.45, 7) is 0. The number of hydrogen-bond acceptors (Lipinski definition) is 8. The summed E-state index contributed by atoms with van der Waals surface area (Å²) in [6.07, 6.45) is 0. The molecule has 0 aliphatic rings. The number of nitro benzene ring substituents is 2. The maximum atomic E-state index is 10.8. The molecule has 2 aromatic rings. The van der Waals surface area contributed by atoms with Crippen molar-refractivity contribution < 1.29 is 26.7 Å². The molecular formula is C13H10Cl2N2O8S2. The highest BCUT2D eigenvalue weighted by Gasteiger charge is 2.22. The van der Waals surface area contributed by atoms with Crippen molar-refractivity contribution in [2.45, 2.75) is 10.6 Å². The first-order valence-electron chi connectivity index (χ1n) is 6.65. The molecule has 10 nitrogen and oxygen atoms in total. The summed E-state index contributed by atoms with van der Waals surface area (Å²) >= 11 is 0. The first kappa shape index (κ1) is 22.8. The Labute approximate surface area is 162 Å². The smallest absolute Gasteiger partial charge is 0.258 e. The highest BCUT2D eigenvalue weighted by Crippen LogP contribution is 2.25. The molecule has 0 fully saturated rings. The number of nitro groups is 2. The molecular weight excluding hydrogens is 447 g/mol. The fourth-order valence-corrected chi connectivity index (χ4v) is 3.80. The first-order valence-corrected chi connectivity index (χ1v) is 11.4. The van der Waals surface area contributed by atoms with Crippen LogP contribution >= 0.6 is 21.4 Å². The zero-order valence-electron chi connectivity index (χ0n) is 13.1. The molecule has 0 radical (unpaired) electrons. The Morgan fingerprint density at radius 1 is 0.778 bits per heavy atom. The quantitative estimate of drug-likeness (QED) is 0.377. The lowest BCUT2D eigenvalue weighted by Gasteiger charge is -1.98. The van der Waals surface area contributed by atoms with Gasteiger partial charge in [-0.25, -0.2) is 16.8 Å². The van der Waals surface area contributed by atoms with Crippen LogP contribution in [0.15, 0.2) is 53.4 Å². The second-order valence-corrected chi connectivity index (χ2v) is 10.0. The zero-order valence-corrected chi connectivity index (χ0v) is 16.2. The van der Waals surface area contributed by atoms with E-state index in [-0.39, 0.29) is 11.3 Å². The van der Waals surface area contributed by atoms with Gasteiger partial charge in [-0.1, -0.05) is 30.3 Å². The number of nitrogens with zero attached hydrogens (tertiary/aromatic N) is 2. The third-order valence-electron chi connectivity index (χ3n) is 2.84. The van der Waals surface area contributed by atoms with E-state index in [4.69, 9.17) is 21.4 Å². The summed E-state index contributed by atoms with van der Waals surface area (Å²) in [5.41, 5.74) is -0.665. The molecule has 0 aliphatic carbocycles. The average molecular weight is 457 g/mol. The Balaban J connectivity index is 0.000000271. The summed E-state index contributed by atoms with van der Waals surface area (Å²) in [5.74, 6) is -0.536. The number of halogens is 2. The van der Waals surface area contributed by atoms with Crippen molar-refractivity contribution in [2.75, 3.05) is 0 Å². The zero-order chi connectivity index (χ0) is 20.8. The van der Waals surface area contributed by atoms with E-state index in [0.717, 1.165) is 12.1 Å². The van der Waals surface area contributed by atoms with Crippen molar-refractivity contribution in [3.05, 3.63) is 74.3 Å². The molecule has 2 aromatic carbocycles. The molecule has 0 atom stereocenters. The highest BCUT2D eigenvalue weighted by atomic mass is 35.7. The van der Waals surface area contributed by atoms with E-state index in [0.29, 0.717) is 0 Å². The van der Waals surface area contributed by atoms with E-state index < -0.39 is 44.3 Å². The minimum atomic E-state index is -4.05. The summed E-state index contributed by atoms with van der Waals surface area (Å²) < 4.78 is 43.1. The molecule has 27 heavy (non-hydrogen) atoms. The monoisotopic (exact) mass is 456 g/mol. The van der Waals surface area contributed by atoms with Gasteiger partial charge in [-0.15, -0.1) is 0 Å². The van der Waals surface area contributed by atoms with Crippen LogP contribution < -0.4 is 0 Å². The molecule has 0 bridgehead atoms. The van der Waals surface area contributed by atoms with Crippen molar-refractivity contribution in [2.24, 2.45) is 0 Å².